The molecule has 150 valence electrons. The zero-order valence-electron chi connectivity index (χ0n) is 16.7. The summed E-state index contributed by atoms with van der Waals surface area (Å²) in [7, 11) is 0. The van der Waals surface area contributed by atoms with E-state index in [2.05, 4.69) is 18.8 Å². The van der Waals surface area contributed by atoms with Gasteiger partial charge < -0.3 is 9.47 Å². The van der Waals surface area contributed by atoms with E-state index in [1.165, 1.54) is 12.1 Å². The summed E-state index contributed by atoms with van der Waals surface area (Å²) in [5.41, 5.74) is 1.86. The molecule has 0 aliphatic carbocycles. The molecule has 0 aliphatic rings. The van der Waals surface area contributed by atoms with Crippen LogP contribution in [0.2, 0.25) is 0 Å². The SMILES string of the molecule is CC(C)Cc1ccc(C(=O)Oc2nc(OC(=O)c3ccccc3)ccc2C#N)cc1. The second-order valence-electron chi connectivity index (χ2n) is 7.05. The fourth-order valence-corrected chi connectivity index (χ4v) is 2.77. The highest BCUT2D eigenvalue weighted by molar-refractivity contribution is 5.91. The van der Waals surface area contributed by atoms with Crippen LogP contribution >= 0.6 is 0 Å². The molecule has 0 unspecified atom stereocenters. The van der Waals surface area contributed by atoms with Gasteiger partial charge in [-0.25, -0.2) is 9.59 Å². The average molecular weight is 400 g/mol. The highest BCUT2D eigenvalue weighted by Gasteiger charge is 2.16. The van der Waals surface area contributed by atoms with Gasteiger partial charge in [-0.2, -0.15) is 10.2 Å². The Morgan fingerprint density at radius 3 is 2.17 bits per heavy atom. The number of carbonyl (C=O) groups excluding carboxylic acids is 2. The zero-order valence-corrected chi connectivity index (χ0v) is 16.7. The molecule has 1 heterocycles. The topological polar surface area (TPSA) is 89.3 Å². The smallest absolute Gasteiger partial charge is 0.344 e. The van der Waals surface area contributed by atoms with Crippen molar-refractivity contribution >= 4 is 11.9 Å². The molecule has 6 nitrogen and oxygen atoms in total. The first-order chi connectivity index (χ1) is 14.5. The van der Waals surface area contributed by atoms with Gasteiger partial charge >= 0.3 is 11.9 Å². The lowest BCUT2D eigenvalue weighted by molar-refractivity contribution is 0.0717. The molecule has 30 heavy (non-hydrogen) atoms. The van der Waals surface area contributed by atoms with Gasteiger partial charge in [0.25, 0.3) is 0 Å². The molecule has 3 aromatic rings. The Hall–Kier alpha value is -3.98. The number of hydrogen-bond acceptors (Lipinski definition) is 6. The normalized spacial score (nSPS) is 10.3. The van der Waals surface area contributed by atoms with Gasteiger partial charge in [0, 0.05) is 6.07 Å². The Morgan fingerprint density at radius 1 is 0.900 bits per heavy atom. The van der Waals surface area contributed by atoms with Crippen LogP contribution in [0.1, 0.15) is 45.7 Å². The Balaban J connectivity index is 1.76. The van der Waals surface area contributed by atoms with Crippen LogP contribution in [-0.2, 0) is 6.42 Å². The number of ether oxygens (including phenoxy) is 2. The van der Waals surface area contributed by atoms with Crippen molar-refractivity contribution in [2.45, 2.75) is 20.3 Å². The Kier molecular flexibility index (Phi) is 6.56. The standard InChI is InChI=1S/C24H20N2O4/c1-16(2)14-17-8-10-19(11-9-17)24(28)30-22-20(15-25)12-13-21(26-22)29-23(27)18-6-4-3-5-7-18/h3-13,16H,14H2,1-2H3. The highest BCUT2D eigenvalue weighted by Crippen LogP contribution is 2.22. The third-order valence-electron chi connectivity index (χ3n) is 4.18. The summed E-state index contributed by atoms with van der Waals surface area (Å²) in [6.45, 7) is 4.24. The van der Waals surface area contributed by atoms with E-state index in [9.17, 15) is 14.9 Å². The Bertz CT molecular complexity index is 1080. The molecular formula is C24H20N2O4. The van der Waals surface area contributed by atoms with Gasteiger partial charge in [-0.15, -0.1) is 0 Å². The summed E-state index contributed by atoms with van der Waals surface area (Å²) >= 11 is 0. The molecule has 0 N–H and O–H groups in total. The van der Waals surface area contributed by atoms with Crippen LogP contribution in [0.5, 0.6) is 11.8 Å². The van der Waals surface area contributed by atoms with Crippen molar-refractivity contribution in [3.63, 3.8) is 0 Å². The summed E-state index contributed by atoms with van der Waals surface area (Å²) in [6.07, 6.45) is 0.907. The van der Waals surface area contributed by atoms with Crippen molar-refractivity contribution in [3.05, 3.63) is 89.0 Å². The minimum atomic E-state index is -0.651. The first kappa shape index (κ1) is 20.7. The van der Waals surface area contributed by atoms with Crippen molar-refractivity contribution in [2.24, 2.45) is 5.92 Å². The average Bonchev–Trinajstić information content (AvgIpc) is 2.74. The number of esters is 2. The first-order valence-corrected chi connectivity index (χ1v) is 9.45. The van der Waals surface area contributed by atoms with Crippen molar-refractivity contribution in [3.8, 4) is 17.8 Å². The maximum Gasteiger partial charge on any atom is 0.344 e. The van der Waals surface area contributed by atoms with Crippen LogP contribution in [0.3, 0.4) is 0 Å². The van der Waals surface area contributed by atoms with E-state index < -0.39 is 11.9 Å². The molecule has 0 atom stereocenters. The molecule has 1 aromatic heterocycles. The second kappa shape index (κ2) is 9.48. The fraction of sp³-hybridized carbons (Fsp3) is 0.167. The quantitative estimate of drug-likeness (QED) is 0.562. The largest absolute Gasteiger partial charge is 0.404 e. The van der Waals surface area contributed by atoms with Gasteiger partial charge in [0.15, 0.2) is 0 Å². The molecule has 2 aromatic carbocycles. The summed E-state index contributed by atoms with van der Waals surface area (Å²) in [5.74, 6) is -1.04. The van der Waals surface area contributed by atoms with E-state index in [1.54, 1.807) is 42.5 Å². The van der Waals surface area contributed by atoms with Gasteiger partial charge in [0.1, 0.15) is 11.6 Å². The minimum absolute atomic E-state index is 0.0549. The third kappa shape index (κ3) is 5.30. The lowest BCUT2D eigenvalue weighted by atomic mass is 10.0. The predicted octanol–water partition coefficient (Wildman–Crippen LogP) is 4.59. The van der Waals surface area contributed by atoms with Crippen LogP contribution in [0.15, 0.2) is 66.7 Å². The first-order valence-electron chi connectivity index (χ1n) is 9.45. The van der Waals surface area contributed by atoms with Crippen LogP contribution in [0, 0.1) is 17.2 Å². The van der Waals surface area contributed by atoms with E-state index in [-0.39, 0.29) is 17.3 Å². The number of carbonyl (C=O) groups is 2. The van der Waals surface area contributed by atoms with Crippen molar-refractivity contribution < 1.29 is 19.1 Å². The zero-order chi connectivity index (χ0) is 21.5. The molecule has 6 heteroatoms. The predicted molar refractivity (Wildman–Crippen MR) is 110 cm³/mol. The lowest BCUT2D eigenvalue weighted by Gasteiger charge is -2.09. The van der Waals surface area contributed by atoms with E-state index in [0.717, 1.165) is 12.0 Å². The van der Waals surface area contributed by atoms with Gasteiger partial charge in [0.2, 0.25) is 11.8 Å². The maximum absolute atomic E-state index is 12.5. The van der Waals surface area contributed by atoms with Gasteiger partial charge in [-0.1, -0.05) is 44.2 Å². The number of pyridine rings is 1. The molecule has 0 saturated carbocycles. The Morgan fingerprint density at radius 2 is 1.53 bits per heavy atom. The summed E-state index contributed by atoms with van der Waals surface area (Å²) < 4.78 is 10.5. The number of aromatic nitrogens is 1. The Labute approximate surface area is 174 Å². The number of nitriles is 1. The second-order valence-corrected chi connectivity index (χ2v) is 7.05. The van der Waals surface area contributed by atoms with E-state index in [0.29, 0.717) is 17.0 Å². The van der Waals surface area contributed by atoms with Crippen LogP contribution in [0.4, 0.5) is 0 Å². The van der Waals surface area contributed by atoms with Crippen molar-refractivity contribution in [1.29, 1.82) is 5.26 Å². The maximum atomic E-state index is 12.5. The van der Waals surface area contributed by atoms with E-state index >= 15 is 0 Å². The minimum Gasteiger partial charge on any atom is -0.404 e. The van der Waals surface area contributed by atoms with Crippen molar-refractivity contribution in [2.75, 3.05) is 0 Å². The monoisotopic (exact) mass is 400 g/mol. The number of hydrogen-bond donors (Lipinski definition) is 0. The number of benzene rings is 2. The lowest BCUT2D eigenvalue weighted by Crippen LogP contribution is -2.13. The molecule has 3 rings (SSSR count). The summed E-state index contributed by atoms with van der Waals surface area (Å²) in [6, 6.07) is 20.2. The van der Waals surface area contributed by atoms with E-state index in [1.807, 2.05) is 18.2 Å². The number of nitrogens with zero attached hydrogens (tertiary/aromatic N) is 2. The van der Waals surface area contributed by atoms with Gasteiger partial charge in [-0.05, 0) is 48.2 Å². The molecule has 0 bridgehead atoms. The molecule has 0 radical (unpaired) electrons. The summed E-state index contributed by atoms with van der Waals surface area (Å²) in [5, 5.41) is 9.28. The van der Waals surface area contributed by atoms with Crippen LogP contribution < -0.4 is 9.47 Å². The molecule has 0 spiro atoms. The molecule has 0 fully saturated rings. The number of rotatable bonds is 6. The fourth-order valence-electron chi connectivity index (χ4n) is 2.77. The molecular weight excluding hydrogens is 380 g/mol. The molecule has 0 amide bonds. The van der Waals surface area contributed by atoms with Crippen LogP contribution in [0.25, 0.3) is 0 Å². The van der Waals surface area contributed by atoms with Gasteiger partial charge in [0.05, 0.1) is 11.1 Å². The molecule has 0 saturated heterocycles. The third-order valence-corrected chi connectivity index (χ3v) is 4.18. The van der Waals surface area contributed by atoms with E-state index in [4.69, 9.17) is 9.47 Å². The highest BCUT2D eigenvalue weighted by atomic mass is 16.6. The van der Waals surface area contributed by atoms with Crippen LogP contribution in [-0.4, -0.2) is 16.9 Å². The summed E-state index contributed by atoms with van der Waals surface area (Å²) in [4.78, 5) is 28.7. The van der Waals surface area contributed by atoms with Gasteiger partial charge in [-0.3, -0.25) is 0 Å². The molecule has 0 aliphatic heterocycles. The van der Waals surface area contributed by atoms with Crippen molar-refractivity contribution in [1.82, 2.24) is 4.98 Å².